The summed E-state index contributed by atoms with van der Waals surface area (Å²) in [5.74, 6) is -1.50. The van der Waals surface area contributed by atoms with Gasteiger partial charge >= 0.3 is 5.97 Å². The molecule has 0 bridgehead atoms. The third-order valence-corrected chi connectivity index (χ3v) is 4.51. The number of para-hydroxylation sites is 1. The summed E-state index contributed by atoms with van der Waals surface area (Å²) in [6.07, 6.45) is 0.608. The lowest BCUT2D eigenvalue weighted by atomic mass is 10.2. The maximum Gasteiger partial charge on any atom is 0.338 e. The molecular formula is C18H15FN2O3S. The number of amides is 1. The Morgan fingerprint density at radius 1 is 1.12 bits per heavy atom. The molecule has 0 unspecified atom stereocenters. The number of thiazole rings is 1. The number of carbonyl (C=O) groups excluding carboxylic acids is 2. The Bertz CT molecular complexity index is 860. The van der Waals surface area contributed by atoms with E-state index in [-0.39, 0.29) is 12.2 Å². The van der Waals surface area contributed by atoms with Gasteiger partial charge in [-0.3, -0.25) is 4.79 Å². The third-order valence-electron chi connectivity index (χ3n) is 3.41. The molecule has 128 valence electrons. The van der Waals surface area contributed by atoms with Crippen LogP contribution in [0.4, 0.5) is 4.39 Å². The van der Waals surface area contributed by atoms with Crippen LogP contribution in [0.25, 0.3) is 10.2 Å². The van der Waals surface area contributed by atoms with E-state index in [0.717, 1.165) is 27.4 Å². The lowest BCUT2D eigenvalue weighted by Crippen LogP contribution is -2.30. The lowest BCUT2D eigenvalue weighted by molar-refractivity contribution is -0.124. The number of halogens is 1. The van der Waals surface area contributed by atoms with Crippen molar-refractivity contribution in [2.24, 2.45) is 0 Å². The zero-order chi connectivity index (χ0) is 17.6. The van der Waals surface area contributed by atoms with Gasteiger partial charge in [0, 0.05) is 13.0 Å². The highest BCUT2D eigenvalue weighted by molar-refractivity contribution is 7.18. The van der Waals surface area contributed by atoms with Crippen molar-refractivity contribution in [1.82, 2.24) is 10.3 Å². The van der Waals surface area contributed by atoms with Crippen LogP contribution in [0.15, 0.2) is 48.5 Å². The van der Waals surface area contributed by atoms with Gasteiger partial charge in [0.05, 0.1) is 20.8 Å². The molecule has 0 fully saturated rings. The van der Waals surface area contributed by atoms with Gasteiger partial charge in [-0.25, -0.2) is 14.2 Å². The van der Waals surface area contributed by atoms with E-state index in [1.54, 1.807) is 11.3 Å². The first kappa shape index (κ1) is 17.0. The van der Waals surface area contributed by atoms with Gasteiger partial charge in [0.15, 0.2) is 6.61 Å². The van der Waals surface area contributed by atoms with Crippen molar-refractivity contribution in [2.45, 2.75) is 6.42 Å². The van der Waals surface area contributed by atoms with Gasteiger partial charge in [-0.15, -0.1) is 11.3 Å². The number of hydrogen-bond donors (Lipinski definition) is 1. The van der Waals surface area contributed by atoms with Crippen molar-refractivity contribution in [3.05, 3.63) is 64.9 Å². The van der Waals surface area contributed by atoms with Crippen LogP contribution in [-0.4, -0.2) is 30.0 Å². The van der Waals surface area contributed by atoms with E-state index < -0.39 is 17.7 Å². The monoisotopic (exact) mass is 358 g/mol. The zero-order valence-corrected chi connectivity index (χ0v) is 14.0. The molecule has 0 aliphatic carbocycles. The van der Waals surface area contributed by atoms with Crippen LogP contribution in [0.5, 0.6) is 0 Å². The molecule has 0 atom stereocenters. The van der Waals surface area contributed by atoms with Crippen molar-refractivity contribution < 1.29 is 18.7 Å². The average molecular weight is 358 g/mol. The maximum absolute atomic E-state index is 12.8. The summed E-state index contributed by atoms with van der Waals surface area (Å²) < 4.78 is 18.8. The summed E-state index contributed by atoms with van der Waals surface area (Å²) in [5, 5.41) is 3.62. The molecule has 2 aromatic carbocycles. The summed E-state index contributed by atoms with van der Waals surface area (Å²) in [4.78, 5) is 27.9. The van der Waals surface area contributed by atoms with Crippen molar-refractivity contribution in [3.63, 3.8) is 0 Å². The Hall–Kier alpha value is -2.80. The van der Waals surface area contributed by atoms with Crippen molar-refractivity contribution in [3.8, 4) is 0 Å². The van der Waals surface area contributed by atoms with E-state index >= 15 is 0 Å². The highest BCUT2D eigenvalue weighted by Gasteiger charge is 2.10. The summed E-state index contributed by atoms with van der Waals surface area (Å²) in [6.45, 7) is 0.0306. The maximum atomic E-state index is 12.8. The molecule has 0 aliphatic heterocycles. The summed E-state index contributed by atoms with van der Waals surface area (Å²) in [7, 11) is 0. The predicted octanol–water partition coefficient (Wildman–Crippen LogP) is 2.95. The van der Waals surface area contributed by atoms with E-state index in [2.05, 4.69) is 10.3 Å². The number of esters is 1. The number of nitrogens with zero attached hydrogens (tertiary/aromatic N) is 1. The molecule has 0 saturated carbocycles. The van der Waals surface area contributed by atoms with Crippen molar-refractivity contribution >= 4 is 33.4 Å². The number of rotatable bonds is 6. The summed E-state index contributed by atoms with van der Waals surface area (Å²) >= 11 is 1.59. The smallest absolute Gasteiger partial charge is 0.338 e. The Labute approximate surface area is 147 Å². The molecule has 0 saturated heterocycles. The highest BCUT2D eigenvalue weighted by Crippen LogP contribution is 2.21. The van der Waals surface area contributed by atoms with E-state index in [1.165, 1.54) is 12.1 Å². The summed E-state index contributed by atoms with van der Waals surface area (Å²) in [5.41, 5.74) is 1.14. The lowest BCUT2D eigenvalue weighted by Gasteiger charge is -2.06. The molecule has 1 heterocycles. The molecular weight excluding hydrogens is 343 g/mol. The number of benzene rings is 2. The number of ether oxygens (including phenoxy) is 1. The molecule has 5 nitrogen and oxygen atoms in total. The van der Waals surface area contributed by atoms with Gasteiger partial charge < -0.3 is 10.1 Å². The molecule has 1 aromatic heterocycles. The van der Waals surface area contributed by atoms with Crippen LogP contribution in [0.1, 0.15) is 15.4 Å². The van der Waals surface area contributed by atoms with Gasteiger partial charge in [-0.2, -0.15) is 0 Å². The van der Waals surface area contributed by atoms with Gasteiger partial charge in [-0.05, 0) is 36.4 Å². The van der Waals surface area contributed by atoms with Gasteiger partial charge in [0.1, 0.15) is 5.82 Å². The third kappa shape index (κ3) is 4.60. The molecule has 7 heteroatoms. The molecule has 3 rings (SSSR count). The predicted molar refractivity (Wildman–Crippen MR) is 93.0 cm³/mol. The number of fused-ring (bicyclic) bond motifs is 1. The van der Waals surface area contributed by atoms with Crippen LogP contribution in [0, 0.1) is 5.82 Å². The Morgan fingerprint density at radius 3 is 2.64 bits per heavy atom. The standard InChI is InChI=1S/C18H15FN2O3S/c19-13-7-5-12(6-8-13)18(23)24-11-16(22)20-10-9-17-21-14-3-1-2-4-15(14)25-17/h1-8H,9-11H2,(H,20,22). The minimum atomic E-state index is -0.665. The fourth-order valence-corrected chi connectivity index (χ4v) is 3.15. The molecule has 0 spiro atoms. The first-order chi connectivity index (χ1) is 12.1. The Balaban J connectivity index is 1.42. The minimum Gasteiger partial charge on any atom is -0.452 e. The largest absolute Gasteiger partial charge is 0.452 e. The molecule has 25 heavy (non-hydrogen) atoms. The first-order valence-corrected chi connectivity index (χ1v) is 8.47. The summed E-state index contributed by atoms with van der Waals surface area (Å²) in [6, 6.07) is 12.8. The van der Waals surface area contributed by atoms with Crippen LogP contribution in [0.2, 0.25) is 0 Å². The second-order valence-corrected chi connectivity index (χ2v) is 6.37. The van der Waals surface area contributed by atoms with E-state index in [4.69, 9.17) is 4.74 Å². The van der Waals surface area contributed by atoms with Crippen LogP contribution >= 0.6 is 11.3 Å². The fourth-order valence-electron chi connectivity index (χ4n) is 2.19. The van der Waals surface area contributed by atoms with E-state index in [1.807, 2.05) is 24.3 Å². The number of hydrogen-bond acceptors (Lipinski definition) is 5. The van der Waals surface area contributed by atoms with E-state index in [0.29, 0.717) is 13.0 Å². The Morgan fingerprint density at radius 2 is 1.88 bits per heavy atom. The topological polar surface area (TPSA) is 68.3 Å². The van der Waals surface area contributed by atoms with Crippen LogP contribution < -0.4 is 5.32 Å². The van der Waals surface area contributed by atoms with Gasteiger partial charge in [-0.1, -0.05) is 12.1 Å². The molecule has 3 aromatic rings. The molecule has 1 amide bonds. The van der Waals surface area contributed by atoms with Crippen LogP contribution in [-0.2, 0) is 16.0 Å². The zero-order valence-electron chi connectivity index (χ0n) is 13.2. The van der Waals surface area contributed by atoms with Crippen LogP contribution in [0.3, 0.4) is 0 Å². The van der Waals surface area contributed by atoms with Gasteiger partial charge in [0.25, 0.3) is 5.91 Å². The quantitative estimate of drug-likeness (QED) is 0.688. The molecule has 0 radical (unpaired) electrons. The first-order valence-electron chi connectivity index (χ1n) is 7.65. The highest BCUT2D eigenvalue weighted by atomic mass is 32.1. The molecule has 1 N–H and O–H groups in total. The van der Waals surface area contributed by atoms with Gasteiger partial charge in [0.2, 0.25) is 0 Å². The molecule has 0 aliphatic rings. The normalized spacial score (nSPS) is 10.6. The number of aromatic nitrogens is 1. The average Bonchev–Trinajstić information content (AvgIpc) is 3.03. The van der Waals surface area contributed by atoms with E-state index in [9.17, 15) is 14.0 Å². The minimum absolute atomic E-state index is 0.198. The van der Waals surface area contributed by atoms with Crippen molar-refractivity contribution in [1.29, 1.82) is 0 Å². The Kier molecular flexibility index (Phi) is 5.35. The number of carbonyl (C=O) groups is 2. The second-order valence-electron chi connectivity index (χ2n) is 5.26. The second kappa shape index (κ2) is 7.85. The number of nitrogens with one attached hydrogen (secondary N) is 1. The SMILES string of the molecule is O=C(COC(=O)c1ccc(F)cc1)NCCc1nc2ccccc2s1. The van der Waals surface area contributed by atoms with Crippen molar-refractivity contribution in [2.75, 3.05) is 13.2 Å². The fraction of sp³-hybridized carbons (Fsp3) is 0.167.